The van der Waals surface area contributed by atoms with Gasteiger partial charge in [-0.3, -0.25) is 4.79 Å². The van der Waals surface area contributed by atoms with E-state index in [1.807, 2.05) is 0 Å². The zero-order valence-electron chi connectivity index (χ0n) is 7.41. The van der Waals surface area contributed by atoms with Gasteiger partial charge in [-0.1, -0.05) is 0 Å². The number of alkyl halides is 1. The van der Waals surface area contributed by atoms with Crippen LogP contribution in [0.2, 0.25) is 0 Å². The van der Waals surface area contributed by atoms with Crippen molar-refractivity contribution in [3.05, 3.63) is 0 Å². The van der Waals surface area contributed by atoms with Crippen LogP contribution in [-0.4, -0.2) is 39.2 Å². The lowest BCUT2D eigenvalue weighted by Crippen LogP contribution is -2.38. The molecule has 78 valence electrons. The van der Waals surface area contributed by atoms with Crippen LogP contribution in [0.15, 0.2) is 0 Å². The van der Waals surface area contributed by atoms with E-state index in [9.17, 15) is 13.2 Å². The first-order valence-corrected chi connectivity index (χ1v) is 5.66. The van der Waals surface area contributed by atoms with Crippen LogP contribution in [0.1, 0.15) is 6.92 Å². The maximum absolute atomic E-state index is 11.2. The third-order valence-electron chi connectivity index (χ3n) is 1.40. The predicted octanol–water partition coefficient (Wildman–Crippen LogP) is -0.294. The van der Waals surface area contributed by atoms with Gasteiger partial charge in [0.2, 0.25) is 10.0 Å². The number of hydrogen-bond acceptors (Lipinski definition) is 4. The molecule has 0 bridgehead atoms. The molecule has 0 aromatic heterocycles. The smallest absolute Gasteiger partial charge is 0.325 e. The summed E-state index contributed by atoms with van der Waals surface area (Å²) in [6.07, 6.45) is 0. The molecule has 1 unspecified atom stereocenters. The molecule has 0 aliphatic heterocycles. The Balaban J connectivity index is 4.37. The van der Waals surface area contributed by atoms with E-state index in [2.05, 4.69) is 9.46 Å². The number of hydrogen-bond donors (Lipinski definition) is 1. The second-order valence-electron chi connectivity index (χ2n) is 2.29. The summed E-state index contributed by atoms with van der Waals surface area (Å²) in [5.74, 6) is -0.630. The van der Waals surface area contributed by atoms with Crippen molar-refractivity contribution in [3.8, 4) is 0 Å². The molecule has 0 aromatic rings. The van der Waals surface area contributed by atoms with E-state index in [0.29, 0.717) is 0 Å². The molecule has 0 aliphatic carbocycles. The van der Waals surface area contributed by atoms with Crippen molar-refractivity contribution in [2.24, 2.45) is 0 Å². The highest BCUT2D eigenvalue weighted by Gasteiger charge is 2.27. The highest BCUT2D eigenvalue weighted by Crippen LogP contribution is 1.99. The molecule has 13 heavy (non-hydrogen) atoms. The van der Waals surface area contributed by atoms with Crippen LogP contribution in [0.5, 0.6) is 0 Å². The van der Waals surface area contributed by atoms with Gasteiger partial charge in [-0.25, -0.2) is 13.1 Å². The molecule has 0 aliphatic rings. The van der Waals surface area contributed by atoms with E-state index in [4.69, 9.17) is 11.6 Å². The first-order valence-electron chi connectivity index (χ1n) is 3.58. The summed E-state index contributed by atoms with van der Waals surface area (Å²) >= 11 is 5.28. The summed E-state index contributed by atoms with van der Waals surface area (Å²) in [5.41, 5.74) is 0. The van der Waals surface area contributed by atoms with Gasteiger partial charge in [0, 0.05) is 12.4 Å². The molecule has 0 fully saturated rings. The Hall–Kier alpha value is -0.330. The number of carbonyl (C=O) groups excluding carboxylic acids is 1. The zero-order chi connectivity index (χ0) is 10.5. The summed E-state index contributed by atoms with van der Waals surface area (Å²) in [7, 11) is -2.51. The van der Waals surface area contributed by atoms with Gasteiger partial charge in [0.1, 0.15) is 0 Å². The Labute approximate surface area is 82.5 Å². The number of sulfonamides is 1. The molecular weight excluding hydrogens is 218 g/mol. The minimum Gasteiger partial charge on any atom is -0.468 e. The molecule has 0 spiro atoms. The van der Waals surface area contributed by atoms with Crippen molar-refractivity contribution in [2.45, 2.75) is 12.2 Å². The number of esters is 1. The Bertz CT molecular complexity index is 264. The monoisotopic (exact) mass is 229 g/mol. The van der Waals surface area contributed by atoms with E-state index in [1.54, 1.807) is 0 Å². The van der Waals surface area contributed by atoms with E-state index >= 15 is 0 Å². The second-order valence-corrected chi connectivity index (χ2v) is 4.76. The minimum atomic E-state index is -3.64. The number of rotatable bonds is 5. The van der Waals surface area contributed by atoms with Crippen LogP contribution in [-0.2, 0) is 19.6 Å². The topological polar surface area (TPSA) is 72.5 Å². The predicted molar refractivity (Wildman–Crippen MR) is 49.1 cm³/mol. The molecule has 0 radical (unpaired) electrons. The molecule has 1 atom stereocenters. The van der Waals surface area contributed by atoms with E-state index in [0.717, 1.165) is 7.11 Å². The van der Waals surface area contributed by atoms with Gasteiger partial charge in [-0.2, -0.15) is 0 Å². The molecule has 0 heterocycles. The fourth-order valence-corrected chi connectivity index (χ4v) is 1.79. The minimum absolute atomic E-state index is 0.102. The number of halogens is 1. The molecule has 0 saturated heterocycles. The lowest BCUT2D eigenvalue weighted by molar-refractivity contribution is -0.139. The van der Waals surface area contributed by atoms with Gasteiger partial charge in [0.05, 0.1) is 7.11 Å². The summed E-state index contributed by atoms with van der Waals surface area (Å²) in [4.78, 5) is 10.8. The van der Waals surface area contributed by atoms with Crippen molar-refractivity contribution in [1.82, 2.24) is 4.72 Å². The number of nitrogens with one attached hydrogen (secondary N) is 1. The standard InChI is InChI=1S/C6H12ClNO4S/c1-5(6(9)12-2)13(10,11)8-4-3-7/h5,8H,3-4H2,1-2H3. The summed E-state index contributed by atoms with van der Waals surface area (Å²) in [6.45, 7) is 1.35. The zero-order valence-corrected chi connectivity index (χ0v) is 8.98. The first kappa shape index (κ1) is 12.7. The lowest BCUT2D eigenvalue weighted by atomic mass is 10.5. The quantitative estimate of drug-likeness (QED) is 0.519. The van der Waals surface area contributed by atoms with Crippen LogP contribution in [0.4, 0.5) is 0 Å². The molecule has 7 heteroatoms. The SMILES string of the molecule is COC(=O)C(C)S(=O)(=O)NCCCl. The molecule has 0 rings (SSSR count). The maximum atomic E-state index is 11.2. The Kier molecular flexibility index (Phi) is 5.27. The highest BCUT2D eigenvalue weighted by atomic mass is 35.5. The lowest BCUT2D eigenvalue weighted by Gasteiger charge is -2.10. The van der Waals surface area contributed by atoms with Crippen molar-refractivity contribution in [3.63, 3.8) is 0 Å². The summed E-state index contributed by atoms with van der Waals surface area (Å²) < 4.78 is 28.9. The molecular formula is C6H12ClNO4S. The molecule has 1 N–H and O–H groups in total. The number of ether oxygens (including phenoxy) is 1. The van der Waals surface area contributed by atoms with Crippen LogP contribution in [0.25, 0.3) is 0 Å². The van der Waals surface area contributed by atoms with Crippen LogP contribution in [0, 0.1) is 0 Å². The van der Waals surface area contributed by atoms with Crippen LogP contribution in [0.3, 0.4) is 0 Å². The van der Waals surface area contributed by atoms with Crippen LogP contribution < -0.4 is 4.72 Å². The van der Waals surface area contributed by atoms with Crippen molar-refractivity contribution < 1.29 is 17.9 Å². The van der Waals surface area contributed by atoms with Gasteiger partial charge in [-0.05, 0) is 6.92 Å². The van der Waals surface area contributed by atoms with Gasteiger partial charge in [0.15, 0.2) is 5.25 Å². The second kappa shape index (κ2) is 5.41. The van der Waals surface area contributed by atoms with Gasteiger partial charge >= 0.3 is 5.97 Å². The van der Waals surface area contributed by atoms with E-state index in [1.165, 1.54) is 6.92 Å². The van der Waals surface area contributed by atoms with Gasteiger partial charge in [0.25, 0.3) is 0 Å². The van der Waals surface area contributed by atoms with Crippen molar-refractivity contribution in [2.75, 3.05) is 19.5 Å². The average molecular weight is 230 g/mol. The van der Waals surface area contributed by atoms with Crippen LogP contribution >= 0.6 is 11.6 Å². The van der Waals surface area contributed by atoms with E-state index in [-0.39, 0.29) is 12.4 Å². The fraction of sp³-hybridized carbons (Fsp3) is 0.833. The molecule has 0 aromatic carbocycles. The number of methoxy groups -OCH3 is 1. The van der Waals surface area contributed by atoms with Crippen molar-refractivity contribution in [1.29, 1.82) is 0 Å². The molecule has 0 amide bonds. The summed E-state index contributed by atoms with van der Waals surface area (Å²) in [5, 5.41) is -1.21. The largest absolute Gasteiger partial charge is 0.468 e. The molecule has 0 saturated carbocycles. The Morgan fingerprint density at radius 2 is 2.15 bits per heavy atom. The third-order valence-corrected chi connectivity index (χ3v) is 3.32. The van der Waals surface area contributed by atoms with Crippen molar-refractivity contribution >= 4 is 27.6 Å². The Morgan fingerprint density at radius 3 is 2.54 bits per heavy atom. The highest BCUT2D eigenvalue weighted by molar-refractivity contribution is 7.90. The Morgan fingerprint density at radius 1 is 1.62 bits per heavy atom. The maximum Gasteiger partial charge on any atom is 0.325 e. The normalized spacial score (nSPS) is 13.8. The van der Waals surface area contributed by atoms with Gasteiger partial charge in [-0.15, -0.1) is 11.6 Å². The van der Waals surface area contributed by atoms with E-state index < -0.39 is 21.2 Å². The third kappa shape index (κ3) is 3.93. The first-order chi connectivity index (χ1) is 5.95. The molecule has 5 nitrogen and oxygen atoms in total. The average Bonchev–Trinajstić information content (AvgIpc) is 2.12. The summed E-state index contributed by atoms with van der Waals surface area (Å²) in [6, 6.07) is 0. The fourth-order valence-electron chi connectivity index (χ4n) is 0.598. The number of carbonyl (C=O) groups is 1. The van der Waals surface area contributed by atoms with Gasteiger partial charge < -0.3 is 4.74 Å².